The summed E-state index contributed by atoms with van der Waals surface area (Å²) in [5.41, 5.74) is -0.223. The zero-order valence-corrected chi connectivity index (χ0v) is 12.2. The van der Waals surface area contributed by atoms with Crippen LogP contribution in [0.25, 0.3) is 0 Å². The molecule has 0 radical (unpaired) electrons. The van der Waals surface area contributed by atoms with Crippen LogP contribution in [0.5, 0.6) is 0 Å². The van der Waals surface area contributed by atoms with Gasteiger partial charge in [0.15, 0.2) is 0 Å². The fourth-order valence-electron chi connectivity index (χ4n) is 2.60. The molecule has 1 fully saturated rings. The molecule has 126 valence electrons. The minimum absolute atomic E-state index is 0.0341. The first-order chi connectivity index (χ1) is 10.8. The van der Waals surface area contributed by atoms with Crippen LogP contribution >= 0.6 is 0 Å². The van der Waals surface area contributed by atoms with Gasteiger partial charge in [0.2, 0.25) is 5.91 Å². The highest BCUT2D eigenvalue weighted by Gasteiger charge is 2.41. The number of nitrogens with zero attached hydrogens (tertiary/aromatic N) is 2. The molecule has 23 heavy (non-hydrogen) atoms. The van der Waals surface area contributed by atoms with Gasteiger partial charge in [-0.1, -0.05) is 12.1 Å². The van der Waals surface area contributed by atoms with E-state index in [1.54, 1.807) is 0 Å². The number of hydrogen-bond acceptors (Lipinski definition) is 4. The molecule has 6 nitrogen and oxygen atoms in total. The fourth-order valence-corrected chi connectivity index (χ4v) is 2.60. The normalized spacial score (nSPS) is 19.3. The van der Waals surface area contributed by atoms with E-state index in [4.69, 9.17) is 0 Å². The fraction of sp³-hybridized carbons (Fsp3) is 0.500. The van der Waals surface area contributed by atoms with E-state index >= 15 is 0 Å². The summed E-state index contributed by atoms with van der Waals surface area (Å²) in [6.45, 7) is -0.0523. The Morgan fingerprint density at radius 1 is 1.39 bits per heavy atom. The van der Waals surface area contributed by atoms with Crippen LogP contribution in [0.1, 0.15) is 12.8 Å². The Morgan fingerprint density at radius 3 is 2.74 bits per heavy atom. The van der Waals surface area contributed by atoms with Crippen LogP contribution in [-0.2, 0) is 4.79 Å². The van der Waals surface area contributed by atoms with Gasteiger partial charge in [0.05, 0.1) is 17.4 Å². The lowest BCUT2D eigenvalue weighted by Gasteiger charge is -2.33. The standard InChI is InChI=1S/C14H16F3N3O3/c15-14(16,17)10-4-3-7-19(8-10)9-13(21)18-11-5-1-2-6-12(11)20(22)23/h1-2,5-6,10H,3-4,7-9H2,(H,18,21). The summed E-state index contributed by atoms with van der Waals surface area (Å²) in [4.78, 5) is 23.6. The first-order valence-corrected chi connectivity index (χ1v) is 7.09. The molecule has 1 atom stereocenters. The predicted octanol–water partition coefficient (Wildman–Crippen LogP) is 2.81. The third-order valence-corrected chi connectivity index (χ3v) is 3.71. The number of hydrogen-bond donors (Lipinski definition) is 1. The second-order valence-electron chi connectivity index (χ2n) is 5.44. The number of amides is 1. The van der Waals surface area contributed by atoms with Crippen molar-refractivity contribution in [1.29, 1.82) is 0 Å². The van der Waals surface area contributed by atoms with Gasteiger partial charge in [-0.25, -0.2) is 0 Å². The van der Waals surface area contributed by atoms with E-state index in [-0.39, 0.29) is 30.9 Å². The van der Waals surface area contributed by atoms with Gasteiger partial charge < -0.3 is 5.32 Å². The topological polar surface area (TPSA) is 75.5 Å². The highest BCUT2D eigenvalue weighted by molar-refractivity contribution is 5.94. The zero-order valence-electron chi connectivity index (χ0n) is 12.2. The van der Waals surface area contributed by atoms with E-state index in [0.717, 1.165) is 0 Å². The first-order valence-electron chi connectivity index (χ1n) is 7.09. The van der Waals surface area contributed by atoms with Crippen molar-refractivity contribution in [2.75, 3.05) is 25.0 Å². The van der Waals surface area contributed by atoms with Gasteiger partial charge in [-0.3, -0.25) is 19.8 Å². The van der Waals surface area contributed by atoms with Gasteiger partial charge in [-0.05, 0) is 25.5 Å². The van der Waals surface area contributed by atoms with Crippen LogP contribution in [0, 0.1) is 16.0 Å². The summed E-state index contributed by atoms with van der Waals surface area (Å²) >= 11 is 0. The lowest BCUT2D eigenvalue weighted by atomic mass is 9.97. The van der Waals surface area contributed by atoms with Crippen molar-refractivity contribution in [2.45, 2.75) is 19.0 Å². The predicted molar refractivity (Wildman–Crippen MR) is 76.9 cm³/mol. The van der Waals surface area contributed by atoms with Crippen LogP contribution in [0.15, 0.2) is 24.3 Å². The summed E-state index contributed by atoms with van der Waals surface area (Å²) in [5, 5.41) is 13.3. The van der Waals surface area contributed by atoms with Crippen molar-refractivity contribution < 1.29 is 22.9 Å². The molecule has 1 aromatic carbocycles. The molecule has 0 bridgehead atoms. The van der Waals surface area contributed by atoms with Crippen LogP contribution in [0.4, 0.5) is 24.5 Å². The molecule has 1 unspecified atom stereocenters. The van der Waals surface area contributed by atoms with Crippen molar-refractivity contribution in [3.8, 4) is 0 Å². The van der Waals surface area contributed by atoms with Crippen molar-refractivity contribution in [2.24, 2.45) is 5.92 Å². The Kier molecular flexibility index (Phi) is 5.19. The van der Waals surface area contributed by atoms with Crippen molar-refractivity contribution in [3.05, 3.63) is 34.4 Å². The Bertz CT molecular complexity index is 592. The van der Waals surface area contributed by atoms with Crippen LogP contribution in [-0.4, -0.2) is 41.5 Å². The van der Waals surface area contributed by atoms with E-state index < -0.39 is 22.9 Å². The summed E-state index contributed by atoms with van der Waals surface area (Å²) in [5.74, 6) is -2.00. The van der Waals surface area contributed by atoms with Crippen LogP contribution < -0.4 is 5.32 Å². The lowest BCUT2D eigenvalue weighted by molar-refractivity contribution is -0.383. The molecule has 9 heteroatoms. The van der Waals surface area contributed by atoms with E-state index in [1.807, 2.05) is 0 Å². The number of nitrogens with one attached hydrogen (secondary N) is 1. The number of rotatable bonds is 4. The number of anilines is 1. The number of benzene rings is 1. The largest absolute Gasteiger partial charge is 0.393 e. The van der Waals surface area contributed by atoms with Crippen molar-refractivity contribution in [3.63, 3.8) is 0 Å². The molecule has 0 saturated carbocycles. The minimum Gasteiger partial charge on any atom is -0.319 e. The van der Waals surface area contributed by atoms with E-state index in [9.17, 15) is 28.1 Å². The van der Waals surface area contributed by atoms with Gasteiger partial charge in [-0.2, -0.15) is 13.2 Å². The highest BCUT2D eigenvalue weighted by atomic mass is 19.4. The van der Waals surface area contributed by atoms with Crippen LogP contribution in [0.2, 0.25) is 0 Å². The molecular formula is C14H16F3N3O3. The number of nitro benzene ring substituents is 1. The van der Waals surface area contributed by atoms with Gasteiger partial charge in [0.1, 0.15) is 5.69 Å². The van der Waals surface area contributed by atoms with E-state index in [1.165, 1.54) is 29.2 Å². The molecule has 0 aromatic heterocycles. The zero-order chi connectivity index (χ0) is 17.0. The average molecular weight is 331 g/mol. The molecule has 0 spiro atoms. The lowest BCUT2D eigenvalue weighted by Crippen LogP contribution is -2.44. The third-order valence-electron chi connectivity index (χ3n) is 3.71. The summed E-state index contributed by atoms with van der Waals surface area (Å²) in [6.07, 6.45) is -3.85. The second-order valence-corrected chi connectivity index (χ2v) is 5.44. The number of alkyl halides is 3. The molecule has 1 aliphatic rings. The van der Waals surface area contributed by atoms with Crippen molar-refractivity contribution in [1.82, 2.24) is 4.90 Å². The molecule has 2 rings (SSSR count). The highest BCUT2D eigenvalue weighted by Crippen LogP contribution is 2.33. The van der Waals surface area contributed by atoms with Gasteiger partial charge in [0, 0.05) is 12.6 Å². The van der Waals surface area contributed by atoms with Gasteiger partial charge in [-0.15, -0.1) is 0 Å². The Labute approximate surface area is 130 Å². The monoisotopic (exact) mass is 331 g/mol. The molecule has 1 aliphatic heterocycles. The summed E-state index contributed by atoms with van der Waals surface area (Å²) in [7, 11) is 0. The maximum absolute atomic E-state index is 12.7. The molecular weight excluding hydrogens is 315 g/mol. The summed E-state index contributed by atoms with van der Waals surface area (Å²) < 4.78 is 38.2. The minimum atomic E-state index is -4.27. The Morgan fingerprint density at radius 2 is 2.09 bits per heavy atom. The second kappa shape index (κ2) is 6.95. The molecule has 0 aliphatic carbocycles. The van der Waals surface area contributed by atoms with E-state index in [2.05, 4.69) is 5.32 Å². The SMILES string of the molecule is O=C(CN1CCCC(C(F)(F)F)C1)Nc1ccccc1[N+](=O)[O-]. The maximum Gasteiger partial charge on any atom is 0.393 e. The van der Waals surface area contributed by atoms with Crippen LogP contribution in [0.3, 0.4) is 0 Å². The number of para-hydroxylation sites is 2. The molecule has 1 aromatic rings. The number of piperidine rings is 1. The van der Waals surface area contributed by atoms with Crippen molar-refractivity contribution >= 4 is 17.3 Å². The van der Waals surface area contributed by atoms with Gasteiger partial charge >= 0.3 is 6.18 Å². The third kappa shape index (κ3) is 4.65. The number of likely N-dealkylation sites (tertiary alicyclic amines) is 1. The quantitative estimate of drug-likeness (QED) is 0.680. The maximum atomic E-state index is 12.7. The molecule has 1 saturated heterocycles. The summed E-state index contributed by atoms with van der Waals surface area (Å²) in [6, 6.07) is 5.62. The smallest absolute Gasteiger partial charge is 0.319 e. The number of nitro groups is 1. The number of carbonyl (C=O) groups excluding carboxylic acids is 1. The molecule has 1 heterocycles. The number of carbonyl (C=O) groups is 1. The Balaban J connectivity index is 1.96. The van der Waals surface area contributed by atoms with Gasteiger partial charge in [0.25, 0.3) is 5.69 Å². The molecule has 1 amide bonds. The number of halogens is 3. The average Bonchev–Trinajstić information content (AvgIpc) is 2.46. The molecule has 1 N–H and O–H groups in total. The first kappa shape index (κ1) is 17.2. The van der Waals surface area contributed by atoms with E-state index in [0.29, 0.717) is 13.0 Å². The Hall–Kier alpha value is -2.16.